The zero-order chi connectivity index (χ0) is 86.5. The summed E-state index contributed by atoms with van der Waals surface area (Å²) in [4.78, 5) is 87.7. The highest BCUT2D eigenvalue weighted by molar-refractivity contribution is 5.95. The zero-order valence-electron chi connectivity index (χ0n) is 70.9. The van der Waals surface area contributed by atoms with Gasteiger partial charge in [-0.05, 0) is 284 Å². The van der Waals surface area contributed by atoms with E-state index in [9.17, 15) is 48.9 Å². The fourth-order valence-corrected chi connectivity index (χ4v) is 17.5. The molecule has 0 bridgehead atoms. The molecule has 123 heavy (non-hydrogen) atoms. The molecule has 3 saturated carbocycles. The average molecular weight is 1650 g/mol. The van der Waals surface area contributed by atoms with Gasteiger partial charge in [-0.1, -0.05) is 97.1 Å². The van der Waals surface area contributed by atoms with Gasteiger partial charge in [0.15, 0.2) is 0 Å². The molecule has 3 fully saturated rings. The molecule has 0 spiro atoms. The smallest absolute Gasteiger partial charge is 0.248 e. The van der Waals surface area contributed by atoms with Crippen molar-refractivity contribution in [2.75, 3.05) is 72.4 Å². The number of aryl methyl sites for hydroxylation is 2. The summed E-state index contributed by atoms with van der Waals surface area (Å²) in [5, 5.41) is 46.6. The van der Waals surface area contributed by atoms with Crippen LogP contribution in [-0.4, -0.2) is 87.4 Å². The molecule has 18 rings (SSSR count). The van der Waals surface area contributed by atoms with Crippen LogP contribution in [0.5, 0.6) is 0 Å². The number of carbonyl (C=O) groups is 7. The second-order valence-electron chi connectivity index (χ2n) is 33.8. The number of nitrogens with one attached hydrogen (secondary N) is 5. The van der Waals surface area contributed by atoms with Gasteiger partial charge in [0.05, 0.1) is 16.8 Å². The number of nitrogens with two attached hydrogens (primary N) is 2. The number of rotatable bonds is 20. The van der Waals surface area contributed by atoms with Gasteiger partial charge in [-0.3, -0.25) is 33.6 Å². The minimum atomic E-state index is -0.598. The Kier molecular flexibility index (Phi) is 27.0. The Bertz CT molecular complexity index is 5660. The van der Waals surface area contributed by atoms with Crippen LogP contribution in [-0.2, 0) is 99.2 Å². The second kappa shape index (κ2) is 38.5. The molecule has 0 radical (unpaired) electrons. The molecule has 636 valence electrons. The molecule has 7 aliphatic rings. The Labute approximate surface area is 719 Å². The number of primary amides is 2. The van der Waals surface area contributed by atoms with Gasteiger partial charge in [0.2, 0.25) is 41.4 Å². The number of fused-ring (bicyclic) bond motifs is 5. The van der Waals surface area contributed by atoms with Crippen molar-refractivity contribution in [2.45, 2.75) is 180 Å². The number of aliphatic hydroxyl groups is 3. The summed E-state index contributed by atoms with van der Waals surface area (Å²) < 4.78 is 2.19. The molecular formula is C101H112N12O10. The van der Waals surface area contributed by atoms with E-state index < -0.39 is 28.6 Å². The number of anilines is 9. The van der Waals surface area contributed by atoms with Crippen LogP contribution >= 0.6 is 0 Å². The van der Waals surface area contributed by atoms with Crippen LogP contribution in [0.1, 0.15) is 193 Å². The van der Waals surface area contributed by atoms with Gasteiger partial charge < -0.3 is 77.5 Å². The van der Waals surface area contributed by atoms with Crippen LogP contribution in [0.4, 0.5) is 51.2 Å². The van der Waals surface area contributed by atoms with Crippen LogP contribution in [0.15, 0.2) is 225 Å². The van der Waals surface area contributed by atoms with Crippen LogP contribution in [0.25, 0.3) is 10.9 Å². The van der Waals surface area contributed by atoms with Crippen LogP contribution in [0.3, 0.4) is 0 Å². The maximum Gasteiger partial charge on any atom is 0.248 e. The standard InChI is InChI=1S/C22H26N2O2.C21H24N2O2.C21H22N2O2.C19H21N3O2.C18H19N3O2/c1-16(25)23-20-9-10-21-18(14-20)4-2-13-24(21)15-17-5-7-19(8-6-17)22(26)11-3-12-22;2*1-15(24)22-19-7-8-20-17(13-19)9-12-23(20)14-16-3-5-18(6-4-16)21(25)10-2-11-21;1-13(23)21-17-8-9-18-16(11-17)3-2-10-22(18)12-14-4-6-15(7-5-14)19(20)24;1-12(22)20-16-6-7-17-15(10-16)8-9-21(17)11-13-2-4-14(5-3-13)18(19)23/h5-10,14,26H,2-4,11-13,15H2,1H3,(H,23,25);3-8,13,25H,2,9-12,14H2,1H3,(H,22,24);3-9,12-13,25H,2,10-11,14H2,1H3,(H,22,24);4-9,11H,2-3,10,12H2,1H3,(H2,20,24)(H,21,23);2-7,10H,8-9,11H2,1H3,(H2,19,23)(H,20,22). The molecule has 22 nitrogen and oxygen atoms in total. The van der Waals surface area contributed by atoms with E-state index in [2.05, 4.69) is 172 Å². The number of nitrogens with zero attached hydrogens (tertiary/aromatic N) is 5. The molecule has 3 aliphatic carbocycles. The SMILES string of the molecule is CC(=O)Nc1ccc2c(c1)CCCN2Cc1ccc(C(N)=O)cc1.CC(=O)Nc1ccc2c(c1)CCCN2Cc1ccc(C2(O)CCC2)cc1.CC(=O)Nc1ccc2c(c1)CCN2Cc1ccc(C(N)=O)cc1.CC(=O)Nc1ccc2c(c1)CCN2Cc1ccc(C2(O)CCC2)cc1.CC(=O)Nc1ccc2c(ccn2Cc2ccc(C3(O)CCC3)cc2)c1. The molecule has 0 atom stereocenters. The summed E-state index contributed by atoms with van der Waals surface area (Å²) >= 11 is 0. The Morgan fingerprint density at radius 2 is 0.577 bits per heavy atom. The van der Waals surface area contributed by atoms with Gasteiger partial charge >= 0.3 is 0 Å². The van der Waals surface area contributed by atoms with E-state index in [1.807, 2.05) is 78.9 Å². The van der Waals surface area contributed by atoms with Gasteiger partial charge in [-0.25, -0.2) is 0 Å². The quantitative estimate of drug-likeness (QED) is 0.0339. The zero-order valence-corrected chi connectivity index (χ0v) is 70.9. The number of hydrogen-bond donors (Lipinski definition) is 10. The van der Waals surface area contributed by atoms with Crippen molar-refractivity contribution >= 4 is 103 Å². The van der Waals surface area contributed by atoms with Gasteiger partial charge in [0.25, 0.3) is 0 Å². The van der Waals surface area contributed by atoms with E-state index in [0.29, 0.717) is 11.1 Å². The Morgan fingerprint density at radius 3 is 0.862 bits per heavy atom. The molecule has 22 heteroatoms. The fourth-order valence-electron chi connectivity index (χ4n) is 17.5. The summed E-state index contributed by atoms with van der Waals surface area (Å²) in [6, 6.07) is 72.4. The lowest BCUT2D eigenvalue weighted by atomic mass is 9.75. The highest BCUT2D eigenvalue weighted by Gasteiger charge is 2.38. The van der Waals surface area contributed by atoms with Gasteiger partial charge in [0.1, 0.15) is 0 Å². The van der Waals surface area contributed by atoms with Gasteiger partial charge in [-0.2, -0.15) is 0 Å². The Balaban J connectivity index is 0.000000125. The first kappa shape index (κ1) is 86.5. The summed E-state index contributed by atoms with van der Waals surface area (Å²) in [6.45, 7) is 15.6. The van der Waals surface area contributed by atoms with Crippen molar-refractivity contribution < 1.29 is 48.9 Å². The molecule has 12 N–H and O–H groups in total. The van der Waals surface area contributed by atoms with Gasteiger partial charge in [0, 0.05) is 173 Å². The van der Waals surface area contributed by atoms with Crippen molar-refractivity contribution in [3.63, 3.8) is 0 Å². The van der Waals surface area contributed by atoms with Crippen LogP contribution in [0, 0.1) is 0 Å². The summed E-state index contributed by atoms with van der Waals surface area (Å²) in [7, 11) is 0. The third-order valence-electron chi connectivity index (χ3n) is 24.4. The molecular weight excluding hydrogens is 1540 g/mol. The van der Waals surface area contributed by atoms with E-state index in [-0.39, 0.29) is 29.5 Å². The predicted molar refractivity (Wildman–Crippen MR) is 489 cm³/mol. The van der Waals surface area contributed by atoms with Crippen molar-refractivity contribution in [2.24, 2.45) is 11.5 Å². The number of carbonyl (C=O) groups excluding carboxylic acids is 7. The lowest BCUT2D eigenvalue weighted by Gasteiger charge is -2.37. The van der Waals surface area contributed by atoms with E-state index in [1.165, 1.54) is 96.3 Å². The number of benzene rings is 10. The van der Waals surface area contributed by atoms with E-state index in [4.69, 9.17) is 11.5 Å². The Hall–Kier alpha value is -12.9. The summed E-state index contributed by atoms with van der Waals surface area (Å²) in [5.74, 6) is -1.07. The number of aromatic nitrogens is 1. The third-order valence-corrected chi connectivity index (χ3v) is 24.4. The van der Waals surface area contributed by atoms with E-state index in [0.717, 1.165) is 222 Å². The second-order valence-corrected chi connectivity index (χ2v) is 33.8. The maximum absolute atomic E-state index is 11.3. The first-order valence-electron chi connectivity index (χ1n) is 42.9. The van der Waals surface area contributed by atoms with Crippen molar-refractivity contribution in [3.05, 3.63) is 302 Å². The number of amides is 7. The third kappa shape index (κ3) is 21.9. The van der Waals surface area contributed by atoms with Gasteiger partial charge in [-0.15, -0.1) is 0 Å². The summed E-state index contributed by atoms with van der Waals surface area (Å²) in [5.41, 5.74) is 34.3. The fraction of sp³-hybridized carbons (Fsp3) is 0.317. The van der Waals surface area contributed by atoms with Crippen molar-refractivity contribution in [1.29, 1.82) is 0 Å². The summed E-state index contributed by atoms with van der Waals surface area (Å²) in [6.07, 6.45) is 16.9. The highest BCUT2D eigenvalue weighted by Crippen LogP contribution is 2.45. The average Bonchev–Trinajstić information content (AvgIpc) is 1.57. The predicted octanol–water partition coefficient (Wildman–Crippen LogP) is 16.6. The molecule has 0 unspecified atom stereocenters. The Morgan fingerprint density at radius 1 is 0.309 bits per heavy atom. The maximum atomic E-state index is 11.3. The first-order chi connectivity index (χ1) is 59.1. The number of hydrogen-bond acceptors (Lipinski definition) is 14. The molecule has 0 saturated heterocycles. The lowest BCUT2D eigenvalue weighted by molar-refractivity contribution is -0.115. The topological polar surface area (TPSA) is 310 Å². The molecule has 10 aromatic carbocycles. The molecule has 4 aliphatic heterocycles. The van der Waals surface area contributed by atoms with Crippen LogP contribution < -0.4 is 57.7 Å². The monoisotopic (exact) mass is 1650 g/mol. The minimum absolute atomic E-state index is 0.0363. The first-order valence-corrected chi connectivity index (χ1v) is 42.9. The van der Waals surface area contributed by atoms with Crippen LogP contribution in [0.2, 0.25) is 0 Å². The van der Waals surface area contributed by atoms with E-state index in [1.54, 1.807) is 24.3 Å². The van der Waals surface area contributed by atoms with E-state index >= 15 is 0 Å². The minimum Gasteiger partial charge on any atom is -0.385 e. The lowest BCUT2D eigenvalue weighted by Crippen LogP contribution is -2.33. The largest absolute Gasteiger partial charge is 0.385 e. The molecule has 11 aromatic rings. The normalized spacial score (nSPS) is 15.6. The molecule has 5 heterocycles. The van der Waals surface area contributed by atoms with Crippen molar-refractivity contribution in [1.82, 2.24) is 4.57 Å². The van der Waals surface area contributed by atoms with Crippen molar-refractivity contribution in [3.8, 4) is 0 Å². The molecule has 1 aromatic heterocycles. The molecule has 7 amide bonds. The highest BCUT2D eigenvalue weighted by atomic mass is 16.3.